The topological polar surface area (TPSA) is 84.2 Å². The maximum atomic E-state index is 13.4. The molecule has 2 aromatic heterocycles. The number of aromatic nitrogens is 3. The second kappa shape index (κ2) is 7.71. The lowest BCUT2D eigenvalue weighted by atomic mass is 9.95. The Bertz CT molecular complexity index is 1210. The van der Waals surface area contributed by atoms with E-state index in [1.807, 2.05) is 24.3 Å². The molecule has 7 nitrogen and oxygen atoms in total. The van der Waals surface area contributed by atoms with Crippen molar-refractivity contribution in [1.29, 1.82) is 0 Å². The summed E-state index contributed by atoms with van der Waals surface area (Å²) < 4.78 is 23.8. The van der Waals surface area contributed by atoms with Gasteiger partial charge in [-0.15, -0.1) is 0 Å². The molecule has 3 heterocycles. The van der Waals surface area contributed by atoms with E-state index in [4.69, 9.17) is 9.26 Å². The van der Waals surface area contributed by atoms with Gasteiger partial charge < -0.3 is 19.1 Å². The Hall–Kier alpha value is -3.94. The van der Waals surface area contributed by atoms with Gasteiger partial charge in [0.25, 0.3) is 5.91 Å². The van der Waals surface area contributed by atoms with Gasteiger partial charge in [0.1, 0.15) is 23.3 Å². The van der Waals surface area contributed by atoms with Crippen LogP contribution >= 0.6 is 0 Å². The molecule has 0 saturated heterocycles. The van der Waals surface area contributed by atoms with Gasteiger partial charge in [-0.1, -0.05) is 17.3 Å². The second-order valence-electron chi connectivity index (χ2n) is 7.27. The second-order valence-corrected chi connectivity index (χ2v) is 7.27. The first-order valence-electron chi connectivity index (χ1n) is 9.84. The fourth-order valence-electron chi connectivity index (χ4n) is 3.89. The van der Waals surface area contributed by atoms with Gasteiger partial charge >= 0.3 is 0 Å². The number of aromatic amines is 1. The fraction of sp³-hybridized carbons (Fsp3) is 0.174. The van der Waals surface area contributed by atoms with E-state index in [0.717, 1.165) is 22.7 Å². The van der Waals surface area contributed by atoms with Gasteiger partial charge in [-0.3, -0.25) is 4.79 Å². The van der Waals surface area contributed by atoms with E-state index in [-0.39, 0.29) is 23.5 Å². The molecule has 0 saturated carbocycles. The predicted octanol–water partition coefficient (Wildman–Crippen LogP) is 4.00. The summed E-state index contributed by atoms with van der Waals surface area (Å²) in [6.45, 7) is 0.497. The molecule has 8 heteroatoms. The molecular weight excluding hydrogens is 399 g/mol. The lowest BCUT2D eigenvalue weighted by Crippen LogP contribution is -2.40. The first kappa shape index (κ1) is 19.0. The van der Waals surface area contributed by atoms with Crippen LogP contribution in [0.5, 0.6) is 5.75 Å². The molecule has 1 aliphatic heterocycles. The molecule has 1 atom stereocenters. The Morgan fingerprint density at radius 2 is 1.97 bits per heavy atom. The Labute approximate surface area is 177 Å². The molecule has 0 spiro atoms. The van der Waals surface area contributed by atoms with Crippen molar-refractivity contribution >= 4 is 5.91 Å². The third-order valence-electron chi connectivity index (χ3n) is 5.48. The molecule has 5 rings (SSSR count). The summed E-state index contributed by atoms with van der Waals surface area (Å²) in [5, 5.41) is 4.00. The van der Waals surface area contributed by atoms with E-state index in [9.17, 15) is 9.18 Å². The summed E-state index contributed by atoms with van der Waals surface area (Å²) in [5.41, 5.74) is 3.88. The van der Waals surface area contributed by atoms with Gasteiger partial charge in [-0.2, -0.15) is 0 Å². The highest BCUT2D eigenvalue weighted by molar-refractivity contribution is 5.93. The molecule has 0 radical (unpaired) electrons. The van der Waals surface area contributed by atoms with Crippen molar-refractivity contribution in [2.75, 3.05) is 13.7 Å². The number of rotatable bonds is 4. The molecule has 1 N–H and O–H groups in total. The normalized spacial score (nSPS) is 15.5. The largest absolute Gasteiger partial charge is 0.497 e. The first-order valence-corrected chi connectivity index (χ1v) is 9.84. The molecule has 0 fully saturated rings. The van der Waals surface area contributed by atoms with Crippen LogP contribution in [0.1, 0.15) is 33.5 Å². The van der Waals surface area contributed by atoms with Gasteiger partial charge in [-0.25, -0.2) is 9.37 Å². The zero-order chi connectivity index (χ0) is 21.4. The number of nitrogens with zero attached hydrogens (tertiary/aromatic N) is 3. The molecule has 0 bridgehead atoms. The van der Waals surface area contributed by atoms with Crippen LogP contribution in [0.3, 0.4) is 0 Å². The van der Waals surface area contributed by atoms with E-state index >= 15 is 0 Å². The molecule has 1 amide bonds. The van der Waals surface area contributed by atoms with Crippen LogP contribution in [0, 0.1) is 5.82 Å². The molecule has 1 aliphatic rings. The Morgan fingerprint density at radius 1 is 1.19 bits per heavy atom. The fourth-order valence-corrected chi connectivity index (χ4v) is 3.89. The number of hydrogen-bond acceptors (Lipinski definition) is 5. The number of benzene rings is 2. The summed E-state index contributed by atoms with van der Waals surface area (Å²) in [4.78, 5) is 22.8. The summed E-state index contributed by atoms with van der Waals surface area (Å²) in [5.74, 6) is 0.236. The van der Waals surface area contributed by atoms with Crippen molar-refractivity contribution < 1.29 is 18.4 Å². The van der Waals surface area contributed by atoms with Crippen LogP contribution in [-0.2, 0) is 6.42 Å². The number of halogens is 1. The minimum atomic E-state index is -0.368. The van der Waals surface area contributed by atoms with Crippen molar-refractivity contribution in [3.05, 3.63) is 89.5 Å². The smallest absolute Gasteiger partial charge is 0.293 e. The third kappa shape index (κ3) is 3.46. The van der Waals surface area contributed by atoms with Crippen molar-refractivity contribution in [3.63, 3.8) is 0 Å². The number of H-pyrrole nitrogens is 1. The summed E-state index contributed by atoms with van der Waals surface area (Å²) in [7, 11) is 1.61. The zero-order valence-corrected chi connectivity index (χ0v) is 16.7. The minimum Gasteiger partial charge on any atom is -0.497 e. The molecular formula is C23H19FN4O3. The van der Waals surface area contributed by atoms with Gasteiger partial charge in [-0.05, 0) is 42.0 Å². The number of carbonyl (C=O) groups is 1. The van der Waals surface area contributed by atoms with Crippen LogP contribution in [0.4, 0.5) is 4.39 Å². The average Bonchev–Trinajstić information content (AvgIpc) is 3.48. The summed E-state index contributed by atoms with van der Waals surface area (Å²) in [6.07, 6.45) is 2.31. The van der Waals surface area contributed by atoms with Gasteiger partial charge in [0.15, 0.2) is 0 Å². The van der Waals surface area contributed by atoms with Gasteiger partial charge in [0.05, 0.1) is 19.1 Å². The number of imidazole rings is 1. The monoisotopic (exact) mass is 418 g/mol. The average molecular weight is 418 g/mol. The lowest BCUT2D eigenvalue weighted by Gasteiger charge is -2.34. The highest BCUT2D eigenvalue weighted by atomic mass is 19.1. The molecule has 2 aromatic carbocycles. The summed E-state index contributed by atoms with van der Waals surface area (Å²) >= 11 is 0. The third-order valence-corrected chi connectivity index (χ3v) is 5.48. The van der Waals surface area contributed by atoms with E-state index in [2.05, 4.69) is 15.1 Å². The minimum absolute atomic E-state index is 0.122. The van der Waals surface area contributed by atoms with E-state index in [1.54, 1.807) is 36.5 Å². The highest BCUT2D eigenvalue weighted by Gasteiger charge is 2.36. The molecule has 31 heavy (non-hydrogen) atoms. The van der Waals surface area contributed by atoms with Gasteiger partial charge in [0.2, 0.25) is 5.76 Å². The lowest BCUT2D eigenvalue weighted by molar-refractivity contribution is 0.0648. The van der Waals surface area contributed by atoms with Gasteiger partial charge in [0, 0.05) is 30.3 Å². The molecule has 0 unspecified atom stereocenters. The Kier molecular flexibility index (Phi) is 4.74. The van der Waals surface area contributed by atoms with Crippen LogP contribution in [0.2, 0.25) is 0 Å². The van der Waals surface area contributed by atoms with Crippen molar-refractivity contribution in [1.82, 2.24) is 20.0 Å². The number of nitrogens with one attached hydrogen (secondary N) is 1. The predicted molar refractivity (Wildman–Crippen MR) is 110 cm³/mol. The van der Waals surface area contributed by atoms with Crippen molar-refractivity contribution in [2.45, 2.75) is 12.5 Å². The van der Waals surface area contributed by atoms with Crippen LogP contribution < -0.4 is 4.74 Å². The number of ether oxygens (including phenoxy) is 1. The quantitative estimate of drug-likeness (QED) is 0.542. The van der Waals surface area contributed by atoms with E-state index < -0.39 is 0 Å². The van der Waals surface area contributed by atoms with E-state index in [0.29, 0.717) is 24.2 Å². The van der Waals surface area contributed by atoms with Crippen LogP contribution in [0.15, 0.2) is 65.4 Å². The van der Waals surface area contributed by atoms with Crippen LogP contribution in [-0.4, -0.2) is 39.6 Å². The SMILES string of the molecule is COc1ccc([C@@H]2c3nc[nH]c3CCN2C(=O)c2cc(-c3ccc(F)cc3)no2)cc1. The van der Waals surface area contributed by atoms with Crippen molar-refractivity contribution in [2.24, 2.45) is 0 Å². The number of hydrogen-bond donors (Lipinski definition) is 1. The summed E-state index contributed by atoms with van der Waals surface area (Å²) in [6, 6.07) is 14.7. The maximum absolute atomic E-state index is 13.4. The maximum Gasteiger partial charge on any atom is 0.293 e. The molecule has 0 aliphatic carbocycles. The Morgan fingerprint density at radius 3 is 2.71 bits per heavy atom. The zero-order valence-electron chi connectivity index (χ0n) is 16.7. The number of carbonyl (C=O) groups excluding carboxylic acids is 1. The highest BCUT2D eigenvalue weighted by Crippen LogP contribution is 2.35. The molecule has 156 valence electrons. The first-order chi connectivity index (χ1) is 15.1. The Balaban J connectivity index is 1.49. The van der Waals surface area contributed by atoms with E-state index in [1.165, 1.54) is 12.1 Å². The number of amides is 1. The number of fused-ring (bicyclic) bond motifs is 1. The number of methoxy groups -OCH3 is 1. The standard InChI is InChI=1S/C23H19FN4O3/c1-30-17-8-4-15(5-9-17)22-21-18(25-13-26-21)10-11-28(22)23(29)20-12-19(27-31-20)14-2-6-16(24)7-3-14/h2-9,12-13,22H,10-11H2,1H3,(H,25,26)/t22-/m1/s1. The molecule has 4 aromatic rings. The van der Waals surface area contributed by atoms with Crippen molar-refractivity contribution in [3.8, 4) is 17.0 Å². The van der Waals surface area contributed by atoms with Crippen LogP contribution in [0.25, 0.3) is 11.3 Å².